The van der Waals surface area contributed by atoms with Gasteiger partial charge in [-0.25, -0.2) is 22.8 Å². The number of nitrogens with zero attached hydrogens (tertiary/aromatic N) is 3. The summed E-state index contributed by atoms with van der Waals surface area (Å²) in [6, 6.07) is 13.0. The maximum Gasteiger partial charge on any atom is 0.262 e. The van der Waals surface area contributed by atoms with Crippen LogP contribution in [0.15, 0.2) is 65.8 Å². The number of benzene rings is 3. The van der Waals surface area contributed by atoms with Crippen molar-refractivity contribution in [3.05, 3.63) is 72.3 Å². The van der Waals surface area contributed by atoms with Gasteiger partial charge in [-0.3, -0.25) is 9.52 Å². The Bertz CT molecular complexity index is 1620. The minimum absolute atomic E-state index is 0.000867. The normalized spacial score (nSPS) is 13.9. The van der Waals surface area contributed by atoms with Crippen LogP contribution in [0.3, 0.4) is 0 Å². The average Bonchev–Trinajstić information content (AvgIpc) is 2.92. The third-order valence-electron chi connectivity index (χ3n) is 6.19. The summed E-state index contributed by atoms with van der Waals surface area (Å²) in [5, 5.41) is 0.789. The van der Waals surface area contributed by atoms with Crippen molar-refractivity contribution in [1.82, 2.24) is 9.97 Å². The second-order valence-corrected chi connectivity index (χ2v) is 10.2. The lowest BCUT2D eigenvalue weighted by Gasteiger charge is -2.28. The van der Waals surface area contributed by atoms with Crippen LogP contribution in [-0.2, 0) is 14.8 Å². The summed E-state index contributed by atoms with van der Waals surface area (Å²) < 4.78 is 52.8. The first kappa shape index (κ1) is 25.4. The van der Waals surface area contributed by atoms with Gasteiger partial charge in [0.1, 0.15) is 18.0 Å². The molecule has 1 fully saturated rings. The molecule has 0 aliphatic carbocycles. The lowest BCUT2D eigenvalue weighted by Crippen LogP contribution is -2.36. The van der Waals surface area contributed by atoms with Crippen molar-refractivity contribution in [2.45, 2.75) is 4.90 Å². The number of aromatic nitrogens is 2. The molecule has 1 aromatic heterocycles. The van der Waals surface area contributed by atoms with Crippen molar-refractivity contribution < 1.29 is 27.1 Å². The molecule has 38 heavy (non-hydrogen) atoms. The van der Waals surface area contributed by atoms with Crippen LogP contribution < -0.4 is 20.1 Å². The number of hydrogen-bond donors (Lipinski definition) is 2. The smallest absolute Gasteiger partial charge is 0.262 e. The first-order valence-electron chi connectivity index (χ1n) is 11.6. The number of anilines is 2. The highest BCUT2D eigenvalue weighted by molar-refractivity contribution is 7.92. The first-order chi connectivity index (χ1) is 18.3. The Hall–Kier alpha value is -4.29. The van der Waals surface area contributed by atoms with Crippen LogP contribution >= 0.6 is 0 Å². The number of carbonyl (C=O) groups is 1. The van der Waals surface area contributed by atoms with E-state index in [0.29, 0.717) is 37.4 Å². The third-order valence-corrected chi connectivity index (χ3v) is 7.57. The zero-order valence-corrected chi connectivity index (χ0v) is 21.2. The van der Waals surface area contributed by atoms with Gasteiger partial charge in [0.15, 0.2) is 5.75 Å². The zero-order chi connectivity index (χ0) is 26.9. The second kappa shape index (κ2) is 10.2. The van der Waals surface area contributed by atoms with E-state index in [4.69, 9.17) is 15.2 Å². The van der Waals surface area contributed by atoms with Crippen molar-refractivity contribution in [3.63, 3.8) is 0 Å². The molecule has 1 aliphatic rings. The number of nitrogens with two attached hydrogens (primary N) is 1. The van der Waals surface area contributed by atoms with Crippen LogP contribution in [0.5, 0.6) is 5.75 Å². The first-order valence-corrected chi connectivity index (χ1v) is 13.1. The standard InChI is InChI=1S/C26H24FN5O5S/c1-36-24-21(25(28)33)13-17(14-23(24)31-38(34,35)19-5-3-18(27)4-6-19)16-2-7-22-20(12-16)26(30-15-29-22)32-8-10-37-11-9-32/h2-7,12-15,31H,8-11H2,1H3,(H2,28,33). The van der Waals surface area contributed by atoms with E-state index in [2.05, 4.69) is 19.6 Å². The van der Waals surface area contributed by atoms with Crippen LogP contribution in [0.25, 0.3) is 22.0 Å². The van der Waals surface area contributed by atoms with Gasteiger partial charge in [-0.1, -0.05) is 6.07 Å². The number of methoxy groups -OCH3 is 1. The molecule has 2 heterocycles. The number of amides is 1. The molecule has 0 bridgehead atoms. The quantitative estimate of drug-likeness (QED) is 0.367. The summed E-state index contributed by atoms with van der Waals surface area (Å²) in [7, 11) is -2.84. The predicted octanol–water partition coefficient (Wildman–Crippen LogP) is 3.18. The van der Waals surface area contributed by atoms with Gasteiger partial charge in [0.25, 0.3) is 15.9 Å². The van der Waals surface area contributed by atoms with Gasteiger partial charge in [0.05, 0.1) is 42.0 Å². The topological polar surface area (TPSA) is 137 Å². The summed E-state index contributed by atoms with van der Waals surface area (Å²) in [5.41, 5.74) is 7.53. The molecule has 0 spiro atoms. The molecule has 0 atom stereocenters. The Labute approximate surface area is 218 Å². The molecule has 1 aliphatic heterocycles. The number of ether oxygens (including phenoxy) is 2. The van der Waals surface area contributed by atoms with E-state index in [1.165, 1.54) is 19.5 Å². The molecule has 0 saturated carbocycles. The molecule has 10 nitrogen and oxygen atoms in total. The summed E-state index contributed by atoms with van der Waals surface area (Å²) in [4.78, 5) is 23.2. The third kappa shape index (κ3) is 4.95. The van der Waals surface area contributed by atoms with E-state index >= 15 is 0 Å². The molecule has 1 amide bonds. The number of hydrogen-bond acceptors (Lipinski definition) is 8. The Morgan fingerprint density at radius 2 is 1.79 bits per heavy atom. The summed E-state index contributed by atoms with van der Waals surface area (Å²) >= 11 is 0. The van der Waals surface area contributed by atoms with Crippen molar-refractivity contribution in [2.24, 2.45) is 5.73 Å². The van der Waals surface area contributed by atoms with E-state index in [-0.39, 0.29) is 21.9 Å². The highest BCUT2D eigenvalue weighted by atomic mass is 32.2. The summed E-state index contributed by atoms with van der Waals surface area (Å²) in [5.74, 6) is -0.661. The minimum Gasteiger partial charge on any atom is -0.494 e. The van der Waals surface area contributed by atoms with Crippen LogP contribution in [0, 0.1) is 5.82 Å². The Morgan fingerprint density at radius 3 is 2.47 bits per heavy atom. The summed E-state index contributed by atoms with van der Waals surface area (Å²) in [6.45, 7) is 2.53. The molecule has 0 radical (unpaired) electrons. The van der Waals surface area contributed by atoms with Gasteiger partial charge in [0, 0.05) is 18.5 Å². The molecule has 3 N–H and O–H groups in total. The number of primary amides is 1. The number of fused-ring (bicyclic) bond motifs is 1. The Morgan fingerprint density at radius 1 is 1.05 bits per heavy atom. The summed E-state index contributed by atoms with van der Waals surface area (Å²) in [6.07, 6.45) is 1.51. The molecular weight excluding hydrogens is 513 g/mol. The van der Waals surface area contributed by atoms with Gasteiger partial charge in [-0.05, 0) is 59.7 Å². The molecule has 0 unspecified atom stereocenters. The fraction of sp³-hybridized carbons (Fsp3) is 0.192. The lowest BCUT2D eigenvalue weighted by molar-refractivity contribution is 0.0997. The zero-order valence-electron chi connectivity index (χ0n) is 20.3. The molecule has 5 rings (SSSR count). The highest BCUT2D eigenvalue weighted by Crippen LogP contribution is 2.37. The highest BCUT2D eigenvalue weighted by Gasteiger charge is 2.23. The predicted molar refractivity (Wildman–Crippen MR) is 140 cm³/mol. The maximum absolute atomic E-state index is 13.4. The maximum atomic E-state index is 13.4. The Balaban J connectivity index is 1.63. The number of sulfonamides is 1. The fourth-order valence-electron chi connectivity index (χ4n) is 4.34. The van der Waals surface area contributed by atoms with Crippen molar-refractivity contribution in [3.8, 4) is 16.9 Å². The van der Waals surface area contributed by atoms with E-state index in [1.54, 1.807) is 6.07 Å². The number of nitrogens with one attached hydrogen (secondary N) is 1. The number of rotatable bonds is 7. The van der Waals surface area contributed by atoms with Crippen molar-refractivity contribution in [2.75, 3.05) is 43.0 Å². The molecule has 1 saturated heterocycles. The second-order valence-electron chi connectivity index (χ2n) is 8.56. The van der Waals surface area contributed by atoms with E-state index in [9.17, 15) is 17.6 Å². The van der Waals surface area contributed by atoms with Crippen LogP contribution in [0.1, 0.15) is 10.4 Å². The van der Waals surface area contributed by atoms with Crippen molar-refractivity contribution >= 4 is 38.3 Å². The van der Waals surface area contributed by atoms with E-state index < -0.39 is 21.7 Å². The van der Waals surface area contributed by atoms with Gasteiger partial charge in [-0.15, -0.1) is 0 Å². The van der Waals surface area contributed by atoms with Gasteiger partial charge < -0.3 is 20.1 Å². The lowest BCUT2D eigenvalue weighted by atomic mass is 9.99. The molecule has 12 heteroatoms. The molecule has 4 aromatic rings. The monoisotopic (exact) mass is 537 g/mol. The Kier molecular flexibility index (Phi) is 6.83. The molecule has 3 aromatic carbocycles. The molecule has 196 valence electrons. The largest absolute Gasteiger partial charge is 0.494 e. The van der Waals surface area contributed by atoms with E-state index in [1.807, 2.05) is 18.2 Å². The minimum atomic E-state index is -4.15. The van der Waals surface area contributed by atoms with Gasteiger partial charge in [-0.2, -0.15) is 0 Å². The number of halogens is 1. The van der Waals surface area contributed by atoms with Crippen LogP contribution in [0.2, 0.25) is 0 Å². The van der Waals surface area contributed by atoms with Gasteiger partial charge >= 0.3 is 0 Å². The van der Waals surface area contributed by atoms with Crippen LogP contribution in [0.4, 0.5) is 15.9 Å². The SMILES string of the molecule is COc1c(NS(=O)(=O)c2ccc(F)cc2)cc(-c2ccc3ncnc(N4CCOCC4)c3c2)cc1C(N)=O. The number of morpholine rings is 1. The molecular formula is C26H24FN5O5S. The average molecular weight is 538 g/mol. The van der Waals surface area contributed by atoms with E-state index in [0.717, 1.165) is 41.0 Å². The van der Waals surface area contributed by atoms with Crippen LogP contribution in [-0.4, -0.2) is 57.7 Å². The number of carbonyl (C=O) groups excluding carboxylic acids is 1. The van der Waals surface area contributed by atoms with Crippen molar-refractivity contribution in [1.29, 1.82) is 0 Å². The van der Waals surface area contributed by atoms with Gasteiger partial charge in [0.2, 0.25) is 0 Å². The fourth-order valence-corrected chi connectivity index (χ4v) is 5.39.